The van der Waals surface area contributed by atoms with E-state index < -0.39 is 9.84 Å². The second kappa shape index (κ2) is 8.08. The molecule has 1 aromatic heterocycles. The largest absolute Gasteiger partial charge is 0.471 e. The number of amides is 1. The SMILES string of the molecule is O=C(NC1CCS(=O)(=O)C1)c1ccn(COc2ccc(-c3ccccc3)cc2)n1. The Balaban J connectivity index is 1.32. The van der Waals surface area contributed by atoms with Crippen molar-refractivity contribution in [2.45, 2.75) is 19.2 Å². The van der Waals surface area contributed by atoms with Crippen molar-refractivity contribution in [3.63, 3.8) is 0 Å². The highest BCUT2D eigenvalue weighted by molar-refractivity contribution is 7.91. The maximum absolute atomic E-state index is 12.2. The van der Waals surface area contributed by atoms with Crippen molar-refractivity contribution in [1.29, 1.82) is 0 Å². The minimum Gasteiger partial charge on any atom is -0.471 e. The van der Waals surface area contributed by atoms with Crippen LogP contribution in [0.15, 0.2) is 66.9 Å². The Kier molecular flexibility index (Phi) is 5.35. The Labute approximate surface area is 169 Å². The molecule has 8 heteroatoms. The molecule has 0 spiro atoms. The second-order valence-corrected chi connectivity index (χ2v) is 9.21. The van der Waals surface area contributed by atoms with Crippen LogP contribution in [-0.4, -0.2) is 41.7 Å². The van der Waals surface area contributed by atoms with Crippen LogP contribution in [0.25, 0.3) is 11.1 Å². The van der Waals surface area contributed by atoms with Gasteiger partial charge in [0.05, 0.1) is 11.5 Å². The molecule has 29 heavy (non-hydrogen) atoms. The summed E-state index contributed by atoms with van der Waals surface area (Å²) in [5.74, 6) is 0.422. The van der Waals surface area contributed by atoms with Gasteiger partial charge in [-0.1, -0.05) is 42.5 Å². The Morgan fingerprint density at radius 1 is 1.07 bits per heavy atom. The second-order valence-electron chi connectivity index (χ2n) is 6.98. The fourth-order valence-electron chi connectivity index (χ4n) is 3.24. The van der Waals surface area contributed by atoms with Crippen LogP contribution in [0.3, 0.4) is 0 Å². The average molecular weight is 411 g/mol. The van der Waals surface area contributed by atoms with Crippen molar-refractivity contribution in [3.8, 4) is 16.9 Å². The predicted octanol–water partition coefficient (Wildman–Crippen LogP) is 2.50. The zero-order valence-electron chi connectivity index (χ0n) is 15.7. The third kappa shape index (κ3) is 4.83. The van der Waals surface area contributed by atoms with E-state index in [1.807, 2.05) is 54.6 Å². The minimum atomic E-state index is -3.04. The average Bonchev–Trinajstić information content (AvgIpc) is 3.33. The molecule has 0 radical (unpaired) electrons. The van der Waals surface area contributed by atoms with Crippen LogP contribution in [0.2, 0.25) is 0 Å². The highest BCUT2D eigenvalue weighted by atomic mass is 32.2. The number of benzene rings is 2. The van der Waals surface area contributed by atoms with Crippen molar-refractivity contribution >= 4 is 15.7 Å². The standard InChI is InChI=1S/C21H21N3O4S/c25-21(22-18-11-13-29(26,27)14-18)20-10-12-24(23-20)15-28-19-8-6-17(7-9-19)16-4-2-1-3-5-16/h1-10,12,18H,11,13-15H2,(H,22,25). The van der Waals surface area contributed by atoms with Gasteiger partial charge < -0.3 is 10.1 Å². The number of sulfone groups is 1. The van der Waals surface area contributed by atoms with E-state index >= 15 is 0 Å². The molecule has 1 fully saturated rings. The highest BCUT2D eigenvalue weighted by Gasteiger charge is 2.29. The number of rotatable bonds is 6. The van der Waals surface area contributed by atoms with E-state index in [0.29, 0.717) is 12.2 Å². The van der Waals surface area contributed by atoms with Crippen molar-refractivity contribution in [3.05, 3.63) is 72.6 Å². The Bertz CT molecular complexity index is 1090. The van der Waals surface area contributed by atoms with E-state index in [2.05, 4.69) is 10.4 Å². The molecular weight excluding hydrogens is 390 g/mol. The lowest BCUT2D eigenvalue weighted by atomic mass is 10.1. The van der Waals surface area contributed by atoms with Gasteiger partial charge in [-0.15, -0.1) is 0 Å². The lowest BCUT2D eigenvalue weighted by Crippen LogP contribution is -2.35. The van der Waals surface area contributed by atoms with E-state index in [4.69, 9.17) is 4.74 Å². The van der Waals surface area contributed by atoms with E-state index in [1.165, 1.54) is 4.68 Å². The molecule has 150 valence electrons. The highest BCUT2D eigenvalue weighted by Crippen LogP contribution is 2.22. The smallest absolute Gasteiger partial charge is 0.272 e. The van der Waals surface area contributed by atoms with Gasteiger partial charge in [-0.05, 0) is 35.7 Å². The molecule has 1 saturated heterocycles. The fraction of sp³-hybridized carbons (Fsp3) is 0.238. The molecule has 1 aliphatic rings. The van der Waals surface area contributed by atoms with Crippen LogP contribution in [-0.2, 0) is 16.6 Å². The maximum Gasteiger partial charge on any atom is 0.272 e. The summed E-state index contributed by atoms with van der Waals surface area (Å²) >= 11 is 0. The Hall–Kier alpha value is -3.13. The number of nitrogens with zero attached hydrogens (tertiary/aromatic N) is 2. The number of hydrogen-bond donors (Lipinski definition) is 1. The molecule has 7 nitrogen and oxygen atoms in total. The summed E-state index contributed by atoms with van der Waals surface area (Å²) < 4.78 is 30.2. The summed E-state index contributed by atoms with van der Waals surface area (Å²) in [7, 11) is -3.04. The summed E-state index contributed by atoms with van der Waals surface area (Å²) in [6, 6.07) is 19.1. The topological polar surface area (TPSA) is 90.3 Å². The molecular formula is C21H21N3O4S. The lowest BCUT2D eigenvalue weighted by molar-refractivity contribution is 0.0934. The van der Waals surface area contributed by atoms with Crippen LogP contribution in [0.5, 0.6) is 5.75 Å². The zero-order valence-corrected chi connectivity index (χ0v) is 16.5. The summed E-state index contributed by atoms with van der Waals surface area (Å²) in [5.41, 5.74) is 2.47. The van der Waals surface area contributed by atoms with Crippen molar-refractivity contribution in [2.75, 3.05) is 11.5 Å². The molecule has 1 amide bonds. The van der Waals surface area contributed by atoms with Gasteiger partial charge in [0.2, 0.25) is 0 Å². The molecule has 1 aliphatic heterocycles. The number of hydrogen-bond acceptors (Lipinski definition) is 5. The predicted molar refractivity (Wildman–Crippen MR) is 109 cm³/mol. The zero-order chi connectivity index (χ0) is 20.3. The first-order valence-electron chi connectivity index (χ1n) is 9.31. The normalized spacial score (nSPS) is 17.7. The number of carbonyl (C=O) groups is 1. The monoisotopic (exact) mass is 411 g/mol. The third-order valence-electron chi connectivity index (χ3n) is 4.77. The van der Waals surface area contributed by atoms with Crippen molar-refractivity contribution in [1.82, 2.24) is 15.1 Å². The molecule has 0 aliphatic carbocycles. The van der Waals surface area contributed by atoms with Gasteiger partial charge in [0.15, 0.2) is 16.6 Å². The van der Waals surface area contributed by atoms with Gasteiger partial charge in [-0.25, -0.2) is 13.1 Å². The van der Waals surface area contributed by atoms with Gasteiger partial charge >= 0.3 is 0 Å². The third-order valence-corrected chi connectivity index (χ3v) is 6.53. The van der Waals surface area contributed by atoms with E-state index in [9.17, 15) is 13.2 Å². The molecule has 0 saturated carbocycles. The number of ether oxygens (including phenoxy) is 1. The lowest BCUT2D eigenvalue weighted by Gasteiger charge is -2.09. The van der Waals surface area contributed by atoms with Gasteiger partial charge in [0.1, 0.15) is 11.4 Å². The number of aromatic nitrogens is 2. The van der Waals surface area contributed by atoms with Crippen LogP contribution in [0.4, 0.5) is 0 Å². The van der Waals surface area contributed by atoms with E-state index in [1.54, 1.807) is 12.3 Å². The van der Waals surface area contributed by atoms with E-state index in [0.717, 1.165) is 11.1 Å². The molecule has 0 bridgehead atoms. The van der Waals surface area contributed by atoms with Crippen molar-refractivity contribution < 1.29 is 17.9 Å². The fourth-order valence-corrected chi connectivity index (χ4v) is 4.91. The first kappa shape index (κ1) is 19.2. The van der Waals surface area contributed by atoms with Crippen LogP contribution >= 0.6 is 0 Å². The van der Waals surface area contributed by atoms with Gasteiger partial charge in [0.25, 0.3) is 5.91 Å². The molecule has 1 N–H and O–H groups in total. The van der Waals surface area contributed by atoms with Crippen LogP contribution in [0.1, 0.15) is 16.9 Å². The molecule has 3 aromatic rings. The van der Waals surface area contributed by atoms with E-state index in [-0.39, 0.29) is 35.9 Å². The van der Waals surface area contributed by atoms with Gasteiger partial charge in [-0.2, -0.15) is 5.10 Å². The minimum absolute atomic E-state index is 0.0124. The molecule has 1 atom stereocenters. The Morgan fingerprint density at radius 2 is 1.79 bits per heavy atom. The number of nitrogens with one attached hydrogen (secondary N) is 1. The first-order valence-corrected chi connectivity index (χ1v) is 11.1. The molecule has 1 unspecified atom stereocenters. The first-order chi connectivity index (χ1) is 14.0. The van der Waals surface area contributed by atoms with Gasteiger partial charge in [-0.3, -0.25) is 4.79 Å². The molecule has 4 rings (SSSR count). The summed E-state index contributed by atoms with van der Waals surface area (Å²) in [5, 5.41) is 6.92. The van der Waals surface area contributed by atoms with Crippen LogP contribution in [0, 0.1) is 0 Å². The summed E-state index contributed by atoms with van der Waals surface area (Å²) in [6.07, 6.45) is 2.09. The van der Waals surface area contributed by atoms with Crippen LogP contribution < -0.4 is 10.1 Å². The van der Waals surface area contributed by atoms with Gasteiger partial charge in [0, 0.05) is 12.2 Å². The Morgan fingerprint density at radius 3 is 2.48 bits per heavy atom. The summed E-state index contributed by atoms with van der Waals surface area (Å²) in [6.45, 7) is 0.162. The molecule has 2 heterocycles. The quantitative estimate of drug-likeness (QED) is 0.673. The number of carbonyl (C=O) groups excluding carboxylic acids is 1. The summed E-state index contributed by atoms with van der Waals surface area (Å²) in [4.78, 5) is 12.2. The maximum atomic E-state index is 12.2. The van der Waals surface area contributed by atoms with Crippen molar-refractivity contribution in [2.24, 2.45) is 0 Å². The molecule has 2 aromatic carbocycles.